The molecule has 1 N–H and O–H groups in total. The zero-order valence-corrected chi connectivity index (χ0v) is 21.4. The van der Waals surface area contributed by atoms with E-state index in [4.69, 9.17) is 9.15 Å². The Morgan fingerprint density at radius 1 is 1.00 bits per heavy atom. The molecule has 2 aliphatic heterocycles. The minimum atomic E-state index is -4.60. The van der Waals surface area contributed by atoms with E-state index in [9.17, 15) is 22.4 Å². The third-order valence-electron chi connectivity index (χ3n) is 6.77. The minimum Gasteiger partial charge on any atom is -0.402 e. The molecule has 2 aromatic heterocycles. The number of carbonyl (C=O) groups excluding carboxylic acids is 1. The number of rotatable bonds is 5. The van der Waals surface area contributed by atoms with E-state index in [2.05, 4.69) is 25.5 Å². The van der Waals surface area contributed by atoms with Gasteiger partial charge in [0.1, 0.15) is 5.82 Å². The number of aromatic nitrogens is 3. The van der Waals surface area contributed by atoms with Crippen LogP contribution >= 0.6 is 0 Å². The maximum absolute atomic E-state index is 14.8. The molecule has 0 unspecified atom stereocenters. The highest BCUT2D eigenvalue weighted by Crippen LogP contribution is 2.36. The van der Waals surface area contributed by atoms with Crippen molar-refractivity contribution in [2.45, 2.75) is 18.8 Å². The molecule has 1 saturated heterocycles. The van der Waals surface area contributed by atoms with E-state index >= 15 is 0 Å². The molecule has 4 aromatic rings. The van der Waals surface area contributed by atoms with Gasteiger partial charge in [0.2, 0.25) is 0 Å². The van der Waals surface area contributed by atoms with E-state index in [1.807, 2.05) is 6.07 Å². The number of fused-ring (bicyclic) bond motifs is 1. The summed E-state index contributed by atoms with van der Waals surface area (Å²) in [7, 11) is 0. The Labute approximate surface area is 230 Å². The Balaban J connectivity index is 1.35. The first-order chi connectivity index (χ1) is 19.8. The first-order valence-electron chi connectivity index (χ1n) is 12.7. The Hall–Kier alpha value is -4.65. The van der Waals surface area contributed by atoms with Crippen LogP contribution in [0.5, 0.6) is 0 Å². The number of ether oxygens (including phenoxy) is 1. The number of Topliss-reactive ketones (excluding diaryl/α,β-unsaturated/α-hetero) is 1. The maximum Gasteiger partial charge on any atom is 0.417 e. The van der Waals surface area contributed by atoms with Crippen molar-refractivity contribution in [1.82, 2.24) is 15.2 Å². The van der Waals surface area contributed by atoms with Crippen LogP contribution in [-0.4, -0.2) is 59.1 Å². The van der Waals surface area contributed by atoms with Crippen LogP contribution in [-0.2, 0) is 22.1 Å². The number of benzene rings is 2. The molecule has 0 amide bonds. The first-order valence-corrected chi connectivity index (χ1v) is 12.7. The number of hydrogen-bond acceptors (Lipinski definition) is 9. The minimum absolute atomic E-state index is 0.0515. The van der Waals surface area contributed by atoms with Crippen LogP contribution in [0.25, 0.3) is 11.6 Å². The summed E-state index contributed by atoms with van der Waals surface area (Å²) in [6.07, 6.45) is -5.33. The Morgan fingerprint density at radius 3 is 2.54 bits per heavy atom. The summed E-state index contributed by atoms with van der Waals surface area (Å²) in [5.74, 6) is -1.11. The zero-order valence-electron chi connectivity index (χ0n) is 21.4. The van der Waals surface area contributed by atoms with Crippen molar-refractivity contribution in [3.05, 3.63) is 88.9 Å². The van der Waals surface area contributed by atoms with Gasteiger partial charge in [-0.05, 0) is 12.1 Å². The molecule has 0 aliphatic carbocycles. The maximum atomic E-state index is 14.8. The standard InChI is InChI=1S/C28H22F4N6O3/c29-20-8-4-7-18-19(20)14-22(39)25(34-23(18)16-5-2-1-3-6-16)35-27-37-36-26(41-27)24-21(38-9-11-40-12-10-38)13-17(15-33-24)28(30,31)32/h1-8,13,15,25H,9-12,14H2,(H,35,37)/t25-/m1/s1. The molecule has 0 radical (unpaired) electrons. The van der Waals surface area contributed by atoms with Gasteiger partial charge in [-0.15, -0.1) is 5.10 Å². The lowest BCUT2D eigenvalue weighted by Gasteiger charge is -2.30. The highest BCUT2D eigenvalue weighted by molar-refractivity contribution is 6.16. The summed E-state index contributed by atoms with van der Waals surface area (Å²) < 4.78 is 66.3. The van der Waals surface area contributed by atoms with Crippen LogP contribution in [0.2, 0.25) is 0 Å². The fourth-order valence-corrected chi connectivity index (χ4v) is 4.75. The molecule has 6 rings (SSSR count). The lowest BCUT2D eigenvalue weighted by Crippen LogP contribution is -2.36. The number of halogens is 4. The fourth-order valence-electron chi connectivity index (χ4n) is 4.75. The summed E-state index contributed by atoms with van der Waals surface area (Å²) in [6.45, 7) is 1.36. The predicted molar refractivity (Wildman–Crippen MR) is 140 cm³/mol. The number of carbonyl (C=O) groups is 1. The van der Waals surface area contributed by atoms with Gasteiger partial charge in [0, 0.05) is 42.4 Å². The number of alkyl halides is 3. The largest absolute Gasteiger partial charge is 0.417 e. The molecule has 2 aromatic carbocycles. The molecule has 1 atom stereocenters. The zero-order chi connectivity index (χ0) is 28.6. The van der Waals surface area contributed by atoms with Crippen LogP contribution in [0.1, 0.15) is 22.3 Å². The summed E-state index contributed by atoms with van der Waals surface area (Å²) >= 11 is 0. The smallest absolute Gasteiger partial charge is 0.402 e. The number of pyridine rings is 1. The van der Waals surface area contributed by atoms with E-state index in [0.29, 0.717) is 49.3 Å². The molecular weight excluding hydrogens is 544 g/mol. The van der Waals surface area contributed by atoms with Crippen LogP contribution in [0.4, 0.5) is 29.3 Å². The Kier molecular flexibility index (Phi) is 6.95. The molecule has 210 valence electrons. The van der Waals surface area contributed by atoms with Crippen molar-refractivity contribution in [2.24, 2.45) is 4.99 Å². The van der Waals surface area contributed by atoms with Crippen LogP contribution in [0.15, 0.2) is 70.2 Å². The number of aliphatic imine (C=N–C) groups is 1. The fraction of sp³-hybridized carbons (Fsp3) is 0.250. The molecule has 0 saturated carbocycles. The predicted octanol–water partition coefficient (Wildman–Crippen LogP) is 4.53. The van der Waals surface area contributed by atoms with Gasteiger partial charge in [0.05, 0.1) is 30.2 Å². The van der Waals surface area contributed by atoms with E-state index in [-0.39, 0.29) is 35.3 Å². The van der Waals surface area contributed by atoms with Gasteiger partial charge in [-0.25, -0.2) is 9.37 Å². The number of nitrogens with zero attached hydrogens (tertiary/aromatic N) is 5. The lowest BCUT2D eigenvalue weighted by molar-refractivity contribution is -0.137. The SMILES string of the molecule is O=C1Cc2c(F)cccc2C(c2ccccc2)=N[C@@H]1Nc1nnc(-c2ncc(C(F)(F)F)cc2N2CCOCC2)o1. The summed E-state index contributed by atoms with van der Waals surface area (Å²) in [5, 5.41) is 10.7. The van der Waals surface area contributed by atoms with E-state index in [1.54, 1.807) is 41.3 Å². The van der Waals surface area contributed by atoms with Crippen LogP contribution < -0.4 is 10.2 Å². The van der Waals surface area contributed by atoms with Crippen molar-refractivity contribution in [3.63, 3.8) is 0 Å². The van der Waals surface area contributed by atoms with Crippen molar-refractivity contribution < 1.29 is 31.5 Å². The number of nitrogens with one attached hydrogen (secondary N) is 1. The molecule has 0 spiro atoms. The van der Waals surface area contributed by atoms with Gasteiger partial charge in [-0.3, -0.25) is 9.79 Å². The quantitative estimate of drug-likeness (QED) is 0.352. The van der Waals surface area contributed by atoms with Crippen molar-refractivity contribution >= 4 is 23.2 Å². The van der Waals surface area contributed by atoms with Gasteiger partial charge in [-0.2, -0.15) is 13.2 Å². The van der Waals surface area contributed by atoms with Gasteiger partial charge in [-0.1, -0.05) is 47.6 Å². The molecule has 2 aliphatic rings. The number of hydrogen-bond donors (Lipinski definition) is 1. The second kappa shape index (κ2) is 10.7. The van der Waals surface area contributed by atoms with E-state index in [1.165, 1.54) is 6.07 Å². The highest BCUT2D eigenvalue weighted by Gasteiger charge is 2.34. The second-order valence-corrected chi connectivity index (χ2v) is 9.40. The van der Waals surface area contributed by atoms with Gasteiger partial charge in [0.25, 0.3) is 5.89 Å². The molecule has 1 fully saturated rings. The van der Waals surface area contributed by atoms with Gasteiger partial charge < -0.3 is 19.4 Å². The number of ketones is 1. The summed E-state index contributed by atoms with van der Waals surface area (Å²) in [6, 6.07) is 14.4. The molecule has 4 heterocycles. The second-order valence-electron chi connectivity index (χ2n) is 9.40. The van der Waals surface area contributed by atoms with Crippen LogP contribution in [0, 0.1) is 5.82 Å². The van der Waals surface area contributed by atoms with E-state index in [0.717, 1.165) is 6.07 Å². The van der Waals surface area contributed by atoms with Crippen molar-refractivity contribution in [2.75, 3.05) is 36.5 Å². The molecule has 9 nitrogen and oxygen atoms in total. The van der Waals surface area contributed by atoms with Gasteiger partial charge >= 0.3 is 12.2 Å². The topological polar surface area (TPSA) is 106 Å². The average Bonchev–Trinajstić information content (AvgIpc) is 3.39. The van der Waals surface area contributed by atoms with Gasteiger partial charge in [0.15, 0.2) is 17.6 Å². The Bertz CT molecular complexity index is 1620. The highest BCUT2D eigenvalue weighted by atomic mass is 19.4. The first kappa shape index (κ1) is 26.6. The molecular formula is C28H22F4N6O3. The normalized spacial score (nSPS) is 17.6. The monoisotopic (exact) mass is 566 g/mol. The third kappa shape index (κ3) is 5.40. The van der Waals surface area contributed by atoms with Crippen molar-refractivity contribution in [1.29, 1.82) is 0 Å². The average molecular weight is 567 g/mol. The number of morpholine rings is 1. The van der Waals surface area contributed by atoms with E-state index < -0.39 is 29.5 Å². The lowest BCUT2D eigenvalue weighted by atomic mass is 9.95. The summed E-state index contributed by atoms with van der Waals surface area (Å²) in [5.41, 5.74) is 1.09. The molecule has 13 heteroatoms. The number of anilines is 2. The van der Waals surface area contributed by atoms with Crippen LogP contribution in [0.3, 0.4) is 0 Å². The molecule has 41 heavy (non-hydrogen) atoms. The van der Waals surface area contributed by atoms with Crippen molar-refractivity contribution in [3.8, 4) is 11.6 Å². The third-order valence-corrected chi connectivity index (χ3v) is 6.77. The summed E-state index contributed by atoms with van der Waals surface area (Å²) in [4.78, 5) is 23.5. The Morgan fingerprint density at radius 2 is 1.78 bits per heavy atom. The molecule has 0 bridgehead atoms.